The van der Waals surface area contributed by atoms with E-state index in [0.29, 0.717) is 16.8 Å². The normalized spacial score (nSPS) is 10.8. The second-order valence-electron chi connectivity index (χ2n) is 4.69. The summed E-state index contributed by atoms with van der Waals surface area (Å²) in [5.41, 5.74) is 8.36. The molecule has 5 heteroatoms. The molecule has 21 heavy (non-hydrogen) atoms. The van der Waals surface area contributed by atoms with Gasteiger partial charge in [0.2, 0.25) is 0 Å². The molecule has 2 aromatic carbocycles. The molecule has 3 aromatic rings. The molecule has 0 atom stereocenters. The number of hydrogen-bond acceptors (Lipinski definition) is 3. The minimum absolute atomic E-state index is 0.250. The minimum Gasteiger partial charge on any atom is -0.397 e. The number of rotatable bonds is 3. The zero-order valence-electron chi connectivity index (χ0n) is 11.1. The maximum Gasteiger partial charge on any atom is 0.131 e. The van der Waals surface area contributed by atoms with Crippen LogP contribution in [0.25, 0.3) is 10.9 Å². The van der Waals surface area contributed by atoms with Crippen molar-refractivity contribution in [2.45, 2.75) is 6.54 Å². The van der Waals surface area contributed by atoms with Crippen LogP contribution >= 0.6 is 0 Å². The van der Waals surface area contributed by atoms with E-state index in [-0.39, 0.29) is 6.54 Å². The Bertz CT molecular complexity index is 803. The summed E-state index contributed by atoms with van der Waals surface area (Å²) in [6.45, 7) is 0.250. The highest BCUT2D eigenvalue weighted by atomic mass is 19.1. The van der Waals surface area contributed by atoms with Crippen molar-refractivity contribution in [3.8, 4) is 0 Å². The Balaban J connectivity index is 1.90. The topological polar surface area (TPSA) is 50.9 Å². The number of aromatic nitrogens is 1. The van der Waals surface area contributed by atoms with E-state index in [1.807, 2.05) is 12.1 Å². The highest BCUT2D eigenvalue weighted by Crippen LogP contribution is 2.26. The molecule has 0 aliphatic carbocycles. The zero-order valence-corrected chi connectivity index (χ0v) is 11.1. The summed E-state index contributed by atoms with van der Waals surface area (Å²) in [4.78, 5) is 4.24. The number of para-hydroxylation sites is 1. The molecule has 0 saturated carbocycles. The van der Waals surface area contributed by atoms with Gasteiger partial charge in [-0.1, -0.05) is 18.2 Å². The van der Waals surface area contributed by atoms with Gasteiger partial charge in [-0.2, -0.15) is 0 Å². The third-order valence-electron chi connectivity index (χ3n) is 3.29. The molecule has 0 bridgehead atoms. The second-order valence-corrected chi connectivity index (χ2v) is 4.69. The predicted octanol–water partition coefficient (Wildman–Crippen LogP) is 3.71. The molecule has 3 nitrogen and oxygen atoms in total. The number of nitrogens with two attached hydrogens (primary N) is 1. The van der Waals surface area contributed by atoms with Crippen LogP contribution < -0.4 is 11.1 Å². The van der Waals surface area contributed by atoms with Crippen LogP contribution in [0.4, 0.5) is 20.2 Å². The van der Waals surface area contributed by atoms with Gasteiger partial charge in [0.05, 0.1) is 11.2 Å². The first-order chi connectivity index (χ1) is 10.1. The molecule has 0 aliphatic heterocycles. The second kappa shape index (κ2) is 5.36. The summed E-state index contributed by atoms with van der Waals surface area (Å²) in [6.07, 6.45) is 1.64. The number of anilines is 2. The molecular weight excluding hydrogens is 272 g/mol. The Morgan fingerprint density at radius 2 is 1.95 bits per heavy atom. The lowest BCUT2D eigenvalue weighted by Gasteiger charge is -2.11. The fourth-order valence-electron chi connectivity index (χ4n) is 2.21. The average molecular weight is 285 g/mol. The molecule has 3 rings (SSSR count). The van der Waals surface area contributed by atoms with Gasteiger partial charge in [0.1, 0.15) is 11.6 Å². The van der Waals surface area contributed by atoms with Crippen LogP contribution in [0.3, 0.4) is 0 Å². The summed E-state index contributed by atoms with van der Waals surface area (Å²) < 4.78 is 26.5. The van der Waals surface area contributed by atoms with Gasteiger partial charge in [-0.05, 0) is 18.2 Å². The Hall–Kier alpha value is -2.69. The Labute approximate surface area is 120 Å². The molecule has 1 aromatic heterocycles. The van der Waals surface area contributed by atoms with E-state index in [2.05, 4.69) is 10.3 Å². The lowest BCUT2D eigenvalue weighted by Crippen LogP contribution is -2.03. The van der Waals surface area contributed by atoms with Crippen molar-refractivity contribution in [2.24, 2.45) is 0 Å². The largest absolute Gasteiger partial charge is 0.397 e. The first-order valence-electron chi connectivity index (χ1n) is 6.46. The van der Waals surface area contributed by atoms with Crippen molar-refractivity contribution < 1.29 is 8.78 Å². The van der Waals surface area contributed by atoms with E-state index < -0.39 is 11.6 Å². The van der Waals surface area contributed by atoms with Crippen molar-refractivity contribution in [3.05, 3.63) is 65.9 Å². The average Bonchev–Trinajstić information content (AvgIpc) is 2.47. The van der Waals surface area contributed by atoms with Crippen LogP contribution in [0.2, 0.25) is 0 Å². The summed E-state index contributed by atoms with van der Waals surface area (Å²) in [5, 5.41) is 3.99. The van der Waals surface area contributed by atoms with E-state index >= 15 is 0 Å². The molecule has 106 valence electrons. The number of fused-ring (bicyclic) bond motifs is 1. The third kappa shape index (κ3) is 2.63. The quantitative estimate of drug-likeness (QED) is 0.721. The summed E-state index contributed by atoms with van der Waals surface area (Å²) in [7, 11) is 0. The first-order valence-corrected chi connectivity index (χ1v) is 6.46. The number of benzene rings is 2. The molecule has 1 heterocycles. The van der Waals surface area contributed by atoms with E-state index in [0.717, 1.165) is 17.1 Å². The SMILES string of the molecule is Nc1cccc2c(NCc3ccc(F)cc3F)ccnc12. The predicted molar refractivity (Wildman–Crippen MR) is 79.8 cm³/mol. The standard InChI is InChI=1S/C16H13F2N3/c17-11-5-4-10(13(18)8-11)9-21-15-6-7-20-16-12(15)2-1-3-14(16)19/h1-8H,9,19H2,(H,20,21). The monoisotopic (exact) mass is 285 g/mol. The van der Waals surface area contributed by atoms with Gasteiger partial charge in [-0.15, -0.1) is 0 Å². The van der Waals surface area contributed by atoms with Crippen molar-refractivity contribution in [1.29, 1.82) is 0 Å². The lowest BCUT2D eigenvalue weighted by atomic mass is 10.1. The zero-order chi connectivity index (χ0) is 14.8. The van der Waals surface area contributed by atoms with E-state index in [1.165, 1.54) is 12.1 Å². The number of nitrogen functional groups attached to an aromatic ring is 1. The minimum atomic E-state index is -0.585. The van der Waals surface area contributed by atoms with Crippen molar-refractivity contribution in [3.63, 3.8) is 0 Å². The third-order valence-corrected chi connectivity index (χ3v) is 3.29. The van der Waals surface area contributed by atoms with Gasteiger partial charge in [-0.25, -0.2) is 8.78 Å². The summed E-state index contributed by atoms with van der Waals surface area (Å²) in [5.74, 6) is -1.15. The number of pyridine rings is 1. The molecule has 0 aliphatic rings. The molecule has 3 N–H and O–H groups in total. The van der Waals surface area contributed by atoms with Gasteiger partial charge >= 0.3 is 0 Å². The van der Waals surface area contributed by atoms with E-state index in [4.69, 9.17) is 5.73 Å². The number of nitrogens with one attached hydrogen (secondary N) is 1. The van der Waals surface area contributed by atoms with E-state index in [1.54, 1.807) is 18.3 Å². The molecule has 0 amide bonds. The Morgan fingerprint density at radius 3 is 2.76 bits per heavy atom. The highest BCUT2D eigenvalue weighted by Gasteiger charge is 2.06. The van der Waals surface area contributed by atoms with Crippen LogP contribution in [-0.2, 0) is 6.54 Å². The molecule has 0 fully saturated rings. The Morgan fingerprint density at radius 1 is 1.10 bits per heavy atom. The van der Waals surface area contributed by atoms with Gasteiger partial charge < -0.3 is 11.1 Å². The molecule has 0 radical (unpaired) electrons. The highest BCUT2D eigenvalue weighted by molar-refractivity contribution is 5.97. The molecular formula is C16H13F2N3. The van der Waals surface area contributed by atoms with Gasteiger partial charge in [-0.3, -0.25) is 4.98 Å². The van der Waals surface area contributed by atoms with Gasteiger partial charge in [0.15, 0.2) is 0 Å². The van der Waals surface area contributed by atoms with Crippen LogP contribution in [0.1, 0.15) is 5.56 Å². The summed E-state index contributed by atoms with van der Waals surface area (Å²) >= 11 is 0. The number of halogens is 2. The smallest absolute Gasteiger partial charge is 0.131 e. The first kappa shape index (κ1) is 13.3. The van der Waals surface area contributed by atoms with Crippen molar-refractivity contribution >= 4 is 22.3 Å². The number of nitrogens with zero attached hydrogens (tertiary/aromatic N) is 1. The molecule has 0 unspecified atom stereocenters. The fraction of sp³-hybridized carbons (Fsp3) is 0.0625. The van der Waals surface area contributed by atoms with Gasteiger partial charge in [0.25, 0.3) is 0 Å². The number of hydrogen-bond donors (Lipinski definition) is 2. The van der Waals surface area contributed by atoms with Crippen LogP contribution in [-0.4, -0.2) is 4.98 Å². The maximum atomic E-state index is 13.6. The van der Waals surface area contributed by atoms with E-state index in [9.17, 15) is 8.78 Å². The van der Waals surface area contributed by atoms with Crippen LogP contribution in [0.5, 0.6) is 0 Å². The van der Waals surface area contributed by atoms with Crippen molar-refractivity contribution in [2.75, 3.05) is 11.1 Å². The lowest BCUT2D eigenvalue weighted by molar-refractivity contribution is 0.574. The summed E-state index contributed by atoms with van der Waals surface area (Å²) in [6, 6.07) is 10.8. The van der Waals surface area contributed by atoms with Crippen LogP contribution in [0.15, 0.2) is 48.7 Å². The Kier molecular flexibility index (Phi) is 3.39. The van der Waals surface area contributed by atoms with Gasteiger partial charge in [0, 0.05) is 35.4 Å². The maximum absolute atomic E-state index is 13.6. The fourth-order valence-corrected chi connectivity index (χ4v) is 2.21. The molecule has 0 saturated heterocycles. The van der Waals surface area contributed by atoms with Crippen molar-refractivity contribution in [1.82, 2.24) is 4.98 Å². The molecule has 0 spiro atoms. The van der Waals surface area contributed by atoms with Crippen LogP contribution in [0, 0.1) is 11.6 Å².